The van der Waals surface area contributed by atoms with E-state index in [0.717, 1.165) is 55.5 Å². The Balaban J connectivity index is 0.00000544. The standard InChI is InChI=1S/C26H38N2O4.BrH/c1-6-7-16-27-24(29)19-28(4,5)17-8-9-18-31-23-14-11-21-12-15-25(30)32-26(21)22(23)13-10-20(2)3;/h10-12,14-15H,6-9,13,16-19H2,1-5H3;1H. The van der Waals surface area contributed by atoms with Crippen LogP contribution in [0.25, 0.3) is 11.0 Å². The molecule has 0 saturated heterocycles. The number of amides is 1. The lowest BCUT2D eigenvalue weighted by atomic mass is 10.1. The van der Waals surface area contributed by atoms with Crippen molar-refractivity contribution in [2.75, 3.05) is 40.3 Å². The highest BCUT2D eigenvalue weighted by molar-refractivity contribution is 5.82. The summed E-state index contributed by atoms with van der Waals surface area (Å²) in [7, 11) is 4.17. The molecule has 6 nitrogen and oxygen atoms in total. The van der Waals surface area contributed by atoms with Crippen molar-refractivity contribution in [2.24, 2.45) is 0 Å². The van der Waals surface area contributed by atoms with Crippen LogP contribution >= 0.6 is 0 Å². The van der Waals surface area contributed by atoms with Crippen LogP contribution in [0.5, 0.6) is 5.75 Å². The second kappa shape index (κ2) is 14.2. The molecule has 2 aromatic rings. The van der Waals surface area contributed by atoms with Gasteiger partial charge < -0.3 is 35.9 Å². The fourth-order valence-corrected chi connectivity index (χ4v) is 3.56. The van der Waals surface area contributed by atoms with Gasteiger partial charge in [-0.05, 0) is 57.7 Å². The Morgan fingerprint density at radius 3 is 2.55 bits per heavy atom. The van der Waals surface area contributed by atoms with Gasteiger partial charge in [0.2, 0.25) is 0 Å². The van der Waals surface area contributed by atoms with E-state index in [1.54, 1.807) is 6.07 Å². The summed E-state index contributed by atoms with van der Waals surface area (Å²) in [6, 6.07) is 7.11. The van der Waals surface area contributed by atoms with Gasteiger partial charge in [-0.3, -0.25) is 4.79 Å². The maximum absolute atomic E-state index is 12.1. The van der Waals surface area contributed by atoms with Crippen LogP contribution in [0.2, 0.25) is 0 Å². The van der Waals surface area contributed by atoms with E-state index in [-0.39, 0.29) is 28.5 Å². The number of likely N-dealkylation sites (N-methyl/N-ethyl adjacent to an activating group) is 1. The zero-order valence-electron chi connectivity index (χ0n) is 20.7. The van der Waals surface area contributed by atoms with Gasteiger partial charge in [-0.1, -0.05) is 25.0 Å². The van der Waals surface area contributed by atoms with Gasteiger partial charge in [-0.15, -0.1) is 0 Å². The molecule has 0 aliphatic rings. The van der Waals surface area contributed by atoms with Gasteiger partial charge in [0.25, 0.3) is 5.91 Å². The number of hydrogen-bond acceptors (Lipinski definition) is 4. The minimum Gasteiger partial charge on any atom is -1.00 e. The summed E-state index contributed by atoms with van der Waals surface area (Å²) >= 11 is 0. The topological polar surface area (TPSA) is 68.5 Å². The molecule has 33 heavy (non-hydrogen) atoms. The number of carbonyl (C=O) groups excluding carboxylic acids is 1. The van der Waals surface area contributed by atoms with Gasteiger partial charge in [0, 0.05) is 23.6 Å². The largest absolute Gasteiger partial charge is 1.00 e. The predicted octanol–water partition coefficient (Wildman–Crippen LogP) is 1.46. The van der Waals surface area contributed by atoms with Crippen molar-refractivity contribution in [1.82, 2.24) is 5.32 Å². The molecular weight excluding hydrogens is 484 g/mol. The molecule has 2 rings (SSSR count). The Morgan fingerprint density at radius 2 is 1.85 bits per heavy atom. The van der Waals surface area contributed by atoms with Crippen LogP contribution in [0, 0.1) is 0 Å². The molecule has 0 fully saturated rings. The summed E-state index contributed by atoms with van der Waals surface area (Å²) < 4.78 is 12.3. The van der Waals surface area contributed by atoms with Crippen molar-refractivity contribution >= 4 is 16.9 Å². The van der Waals surface area contributed by atoms with Gasteiger partial charge in [0.15, 0.2) is 6.54 Å². The third kappa shape index (κ3) is 10.1. The molecule has 7 heteroatoms. The summed E-state index contributed by atoms with van der Waals surface area (Å²) in [5.41, 5.74) is 2.34. The molecular formula is C26H39BrN2O4. The first-order chi connectivity index (χ1) is 15.2. The summed E-state index contributed by atoms with van der Waals surface area (Å²) in [5, 5.41) is 3.89. The van der Waals surface area contributed by atoms with Crippen LogP contribution in [0.4, 0.5) is 0 Å². The number of carbonyl (C=O) groups is 1. The maximum atomic E-state index is 12.1. The zero-order valence-corrected chi connectivity index (χ0v) is 22.3. The lowest BCUT2D eigenvalue weighted by Crippen LogP contribution is -3.00. The Kier molecular flexibility index (Phi) is 12.4. The number of unbranched alkanes of at least 4 members (excludes halogenated alkanes) is 2. The van der Waals surface area contributed by atoms with Gasteiger partial charge in [0.05, 0.1) is 27.2 Å². The average Bonchev–Trinajstić information content (AvgIpc) is 2.71. The number of hydrogen-bond donors (Lipinski definition) is 1. The van der Waals surface area contributed by atoms with Gasteiger partial charge in [0.1, 0.15) is 11.3 Å². The number of ether oxygens (including phenoxy) is 1. The first-order valence-electron chi connectivity index (χ1n) is 11.6. The molecule has 1 N–H and O–H groups in total. The summed E-state index contributed by atoms with van der Waals surface area (Å²) in [5.74, 6) is 0.870. The molecule has 184 valence electrons. The maximum Gasteiger partial charge on any atom is 0.336 e. The number of benzene rings is 1. The third-order valence-electron chi connectivity index (χ3n) is 5.40. The van der Waals surface area contributed by atoms with Gasteiger partial charge in [-0.2, -0.15) is 0 Å². The molecule has 0 unspecified atom stereocenters. The number of rotatable bonds is 13. The highest BCUT2D eigenvalue weighted by Gasteiger charge is 2.19. The smallest absolute Gasteiger partial charge is 0.336 e. The zero-order chi connectivity index (χ0) is 23.6. The molecule has 0 aliphatic carbocycles. The highest BCUT2D eigenvalue weighted by Crippen LogP contribution is 2.28. The summed E-state index contributed by atoms with van der Waals surface area (Å²) in [6.45, 7) is 8.93. The quantitative estimate of drug-likeness (QED) is 0.187. The van der Waals surface area contributed by atoms with Crippen molar-refractivity contribution in [3.05, 3.63) is 51.9 Å². The Morgan fingerprint density at radius 1 is 1.12 bits per heavy atom. The van der Waals surface area contributed by atoms with Crippen molar-refractivity contribution in [3.8, 4) is 5.75 Å². The van der Waals surface area contributed by atoms with Crippen LogP contribution in [0.15, 0.2) is 45.1 Å². The average molecular weight is 524 g/mol. The Labute approximate surface area is 208 Å². The minimum absolute atomic E-state index is 0. The van der Waals surface area contributed by atoms with E-state index in [1.165, 1.54) is 11.6 Å². The SMILES string of the molecule is CCCCNC(=O)C[N+](C)(C)CCCCOc1ccc2ccc(=O)oc2c1CC=C(C)C.[Br-]. The molecule has 1 heterocycles. The molecule has 0 bridgehead atoms. The highest BCUT2D eigenvalue weighted by atomic mass is 79.9. The molecule has 0 spiro atoms. The van der Waals surface area contributed by atoms with Crippen LogP contribution in [0.3, 0.4) is 0 Å². The van der Waals surface area contributed by atoms with Crippen LogP contribution < -0.4 is 32.7 Å². The van der Waals surface area contributed by atoms with E-state index in [2.05, 4.69) is 32.4 Å². The van der Waals surface area contributed by atoms with Crippen molar-refractivity contribution < 1.29 is 35.4 Å². The van der Waals surface area contributed by atoms with Gasteiger partial charge >= 0.3 is 5.63 Å². The summed E-state index contributed by atoms with van der Waals surface area (Å²) in [6.07, 6.45) is 6.71. The van der Waals surface area contributed by atoms with Crippen molar-refractivity contribution in [3.63, 3.8) is 0 Å². The van der Waals surface area contributed by atoms with E-state index in [9.17, 15) is 9.59 Å². The number of nitrogens with one attached hydrogen (secondary N) is 1. The lowest BCUT2D eigenvalue weighted by molar-refractivity contribution is -0.882. The molecule has 1 amide bonds. The number of fused-ring (bicyclic) bond motifs is 1. The third-order valence-corrected chi connectivity index (χ3v) is 5.40. The normalized spacial score (nSPS) is 11.1. The van der Waals surface area contributed by atoms with Crippen molar-refractivity contribution in [2.45, 2.75) is 52.9 Å². The Hall–Kier alpha value is -2.12. The fourth-order valence-electron chi connectivity index (χ4n) is 3.56. The lowest BCUT2D eigenvalue weighted by Gasteiger charge is -2.29. The molecule has 0 aliphatic heterocycles. The molecule has 0 saturated carbocycles. The number of allylic oxidation sites excluding steroid dienone is 2. The van der Waals surface area contributed by atoms with E-state index in [4.69, 9.17) is 9.15 Å². The minimum atomic E-state index is -0.355. The molecule has 0 atom stereocenters. The number of nitrogens with zero attached hydrogens (tertiary/aromatic N) is 1. The second-order valence-electron chi connectivity index (χ2n) is 9.28. The summed E-state index contributed by atoms with van der Waals surface area (Å²) in [4.78, 5) is 23.9. The second-order valence-corrected chi connectivity index (χ2v) is 9.28. The van der Waals surface area contributed by atoms with Crippen LogP contribution in [-0.4, -0.2) is 50.7 Å². The first kappa shape index (κ1) is 28.9. The first-order valence-corrected chi connectivity index (χ1v) is 11.6. The van der Waals surface area contributed by atoms with E-state index < -0.39 is 0 Å². The molecule has 0 radical (unpaired) electrons. The molecule has 1 aromatic carbocycles. The van der Waals surface area contributed by atoms with Crippen molar-refractivity contribution in [1.29, 1.82) is 0 Å². The monoisotopic (exact) mass is 522 g/mol. The van der Waals surface area contributed by atoms with Crippen LogP contribution in [0.1, 0.15) is 52.0 Å². The molecule has 1 aromatic heterocycles. The number of quaternary nitrogens is 1. The number of halogens is 1. The van der Waals surface area contributed by atoms with E-state index in [0.29, 0.717) is 29.6 Å². The fraction of sp³-hybridized carbons (Fsp3) is 0.538. The van der Waals surface area contributed by atoms with E-state index >= 15 is 0 Å². The Bertz CT molecular complexity index is 978. The van der Waals surface area contributed by atoms with E-state index in [1.807, 2.05) is 26.0 Å². The van der Waals surface area contributed by atoms with Crippen LogP contribution in [-0.2, 0) is 11.2 Å². The predicted molar refractivity (Wildman–Crippen MR) is 130 cm³/mol. The van der Waals surface area contributed by atoms with Gasteiger partial charge in [-0.25, -0.2) is 4.79 Å².